The zero-order chi connectivity index (χ0) is 26.8. The van der Waals surface area contributed by atoms with Gasteiger partial charge in [0, 0.05) is 0 Å². The highest BCUT2D eigenvalue weighted by atomic mass is 16.6. The number of hydrogen-bond donors (Lipinski definition) is 3. The highest BCUT2D eigenvalue weighted by Crippen LogP contribution is 2.26. The number of nitriles is 1. The second kappa shape index (κ2) is 13.2. The molecule has 0 aromatic heterocycles. The van der Waals surface area contributed by atoms with Crippen LogP contribution < -0.4 is 10.6 Å². The van der Waals surface area contributed by atoms with Gasteiger partial charge in [0.05, 0.1) is 13.2 Å². The number of phenolic OH excluding ortho intramolecular Hbond substituents is 1. The van der Waals surface area contributed by atoms with Crippen LogP contribution in [0.5, 0.6) is 5.75 Å². The molecule has 1 aromatic carbocycles. The molecule has 0 fully saturated rings. The first-order valence-electron chi connectivity index (χ1n) is 11.1. The lowest BCUT2D eigenvalue weighted by molar-refractivity contribution is -0.144. The third-order valence-corrected chi connectivity index (χ3v) is 5.06. The number of benzene rings is 1. The first-order chi connectivity index (χ1) is 16.3. The van der Waals surface area contributed by atoms with Crippen LogP contribution in [0, 0.1) is 17.2 Å². The van der Waals surface area contributed by atoms with E-state index < -0.39 is 54.7 Å². The largest absolute Gasteiger partial charge is 0.508 e. The van der Waals surface area contributed by atoms with Gasteiger partial charge in [-0.1, -0.05) is 32.4 Å². The molecule has 11 heteroatoms. The summed E-state index contributed by atoms with van der Waals surface area (Å²) in [7, 11) is 1.16. The van der Waals surface area contributed by atoms with E-state index in [0.717, 1.165) is 12.0 Å². The lowest BCUT2D eigenvalue weighted by Gasteiger charge is -2.34. The van der Waals surface area contributed by atoms with E-state index in [4.69, 9.17) is 4.74 Å². The maximum atomic E-state index is 13.7. The predicted octanol–water partition coefficient (Wildman–Crippen LogP) is 2.01. The van der Waals surface area contributed by atoms with Gasteiger partial charge in [0.15, 0.2) is 0 Å². The number of rotatable bonds is 10. The van der Waals surface area contributed by atoms with Crippen molar-refractivity contribution in [3.05, 3.63) is 29.8 Å². The average molecular weight is 491 g/mol. The minimum absolute atomic E-state index is 0.164. The fraction of sp³-hybridized carbons (Fsp3) is 0.542. The molecule has 192 valence electrons. The van der Waals surface area contributed by atoms with E-state index in [2.05, 4.69) is 15.4 Å². The molecule has 3 N–H and O–H groups in total. The molecular formula is C24H34N4O7. The Labute approximate surface area is 205 Å². The van der Waals surface area contributed by atoms with Crippen LogP contribution in [-0.4, -0.2) is 65.7 Å². The van der Waals surface area contributed by atoms with Gasteiger partial charge in [-0.25, -0.2) is 4.79 Å². The van der Waals surface area contributed by atoms with E-state index in [-0.39, 0.29) is 17.2 Å². The lowest BCUT2D eigenvalue weighted by Crippen LogP contribution is -2.55. The van der Waals surface area contributed by atoms with Gasteiger partial charge in [-0.3, -0.25) is 14.4 Å². The number of nitrogens with zero attached hydrogens (tertiary/aromatic N) is 2. The smallest absolute Gasteiger partial charge is 0.408 e. The maximum Gasteiger partial charge on any atom is 0.408 e. The molecule has 0 saturated heterocycles. The second-order valence-corrected chi connectivity index (χ2v) is 8.93. The SMILES string of the molecule is CCC(C)C(NC(=O)OC(C)(C)C)C(=O)N(CC#N)C(C(=O)NCC(=O)OC)c1cccc(O)c1. The zero-order valence-corrected chi connectivity index (χ0v) is 21.0. The van der Waals surface area contributed by atoms with Crippen LogP contribution in [-0.2, 0) is 23.9 Å². The number of hydrogen-bond acceptors (Lipinski definition) is 8. The van der Waals surface area contributed by atoms with Gasteiger partial charge in [0.1, 0.15) is 36.5 Å². The summed E-state index contributed by atoms with van der Waals surface area (Å²) in [5.74, 6) is -2.73. The van der Waals surface area contributed by atoms with Crippen LogP contribution in [0.1, 0.15) is 52.6 Å². The number of aromatic hydroxyl groups is 1. The number of carbonyl (C=O) groups excluding carboxylic acids is 4. The molecule has 0 spiro atoms. The lowest BCUT2D eigenvalue weighted by atomic mass is 9.95. The first-order valence-corrected chi connectivity index (χ1v) is 11.1. The van der Waals surface area contributed by atoms with Crippen LogP contribution >= 0.6 is 0 Å². The Morgan fingerprint density at radius 2 is 1.89 bits per heavy atom. The summed E-state index contributed by atoms with van der Waals surface area (Å²) in [6.45, 7) is 7.63. The fourth-order valence-electron chi connectivity index (χ4n) is 3.16. The van der Waals surface area contributed by atoms with Crippen molar-refractivity contribution in [1.29, 1.82) is 5.26 Å². The van der Waals surface area contributed by atoms with Crippen LogP contribution in [0.4, 0.5) is 4.79 Å². The first kappa shape index (κ1) is 29.2. The molecular weight excluding hydrogens is 456 g/mol. The zero-order valence-electron chi connectivity index (χ0n) is 21.0. The number of amides is 3. The third kappa shape index (κ3) is 9.16. The van der Waals surface area contributed by atoms with Crippen molar-refractivity contribution < 1.29 is 33.8 Å². The van der Waals surface area contributed by atoms with Crippen LogP contribution in [0.25, 0.3) is 0 Å². The van der Waals surface area contributed by atoms with Crippen molar-refractivity contribution in [2.75, 3.05) is 20.2 Å². The molecule has 35 heavy (non-hydrogen) atoms. The van der Waals surface area contributed by atoms with E-state index in [9.17, 15) is 29.5 Å². The molecule has 0 aliphatic carbocycles. The van der Waals surface area contributed by atoms with Gasteiger partial charge in [-0.05, 0) is 44.4 Å². The Hall–Kier alpha value is -3.81. The molecule has 1 rings (SSSR count). The summed E-state index contributed by atoms with van der Waals surface area (Å²) in [6, 6.07) is 5.02. The number of phenols is 1. The van der Waals surface area contributed by atoms with E-state index in [1.807, 2.05) is 13.0 Å². The van der Waals surface area contributed by atoms with Gasteiger partial charge >= 0.3 is 12.1 Å². The topological polar surface area (TPSA) is 158 Å². The van der Waals surface area contributed by atoms with E-state index in [1.54, 1.807) is 27.7 Å². The molecule has 0 aliphatic rings. The Morgan fingerprint density at radius 1 is 1.23 bits per heavy atom. The van der Waals surface area contributed by atoms with E-state index >= 15 is 0 Å². The highest BCUT2D eigenvalue weighted by Gasteiger charge is 2.38. The van der Waals surface area contributed by atoms with E-state index in [1.165, 1.54) is 24.3 Å². The Kier molecular flexibility index (Phi) is 11.0. The normalized spacial score (nSPS) is 13.4. The summed E-state index contributed by atoms with van der Waals surface area (Å²) in [4.78, 5) is 51.9. The number of nitrogens with one attached hydrogen (secondary N) is 2. The van der Waals surface area contributed by atoms with Crippen molar-refractivity contribution in [1.82, 2.24) is 15.5 Å². The maximum absolute atomic E-state index is 13.7. The minimum Gasteiger partial charge on any atom is -0.508 e. The van der Waals surface area contributed by atoms with Gasteiger partial charge in [0.25, 0.3) is 0 Å². The van der Waals surface area contributed by atoms with Crippen LogP contribution in [0.2, 0.25) is 0 Å². The monoisotopic (exact) mass is 490 g/mol. The molecule has 11 nitrogen and oxygen atoms in total. The second-order valence-electron chi connectivity index (χ2n) is 8.93. The summed E-state index contributed by atoms with van der Waals surface area (Å²) in [5.41, 5.74) is -0.603. The van der Waals surface area contributed by atoms with Gasteiger partial charge in [-0.2, -0.15) is 5.26 Å². The molecule has 0 saturated carbocycles. The van der Waals surface area contributed by atoms with Gasteiger partial charge in [-0.15, -0.1) is 0 Å². The van der Waals surface area contributed by atoms with E-state index in [0.29, 0.717) is 6.42 Å². The fourth-order valence-corrected chi connectivity index (χ4v) is 3.16. The number of carbonyl (C=O) groups is 4. The number of ether oxygens (including phenoxy) is 2. The molecule has 1 aromatic rings. The summed E-state index contributed by atoms with van der Waals surface area (Å²) in [5, 5.41) is 24.4. The molecule has 0 aliphatic heterocycles. The van der Waals surface area contributed by atoms with Crippen LogP contribution in [0.15, 0.2) is 24.3 Å². The minimum atomic E-state index is -1.38. The van der Waals surface area contributed by atoms with Crippen molar-refractivity contribution in [2.24, 2.45) is 5.92 Å². The van der Waals surface area contributed by atoms with Crippen molar-refractivity contribution in [3.8, 4) is 11.8 Å². The van der Waals surface area contributed by atoms with Gasteiger partial charge in [0.2, 0.25) is 11.8 Å². The van der Waals surface area contributed by atoms with Crippen molar-refractivity contribution in [2.45, 2.75) is 58.7 Å². The predicted molar refractivity (Wildman–Crippen MR) is 126 cm³/mol. The molecule has 0 bridgehead atoms. The highest BCUT2D eigenvalue weighted by molar-refractivity contribution is 5.93. The number of methoxy groups -OCH3 is 1. The molecule has 3 atom stereocenters. The van der Waals surface area contributed by atoms with Crippen LogP contribution in [0.3, 0.4) is 0 Å². The molecule has 0 radical (unpaired) electrons. The Morgan fingerprint density at radius 3 is 2.40 bits per heavy atom. The summed E-state index contributed by atoms with van der Waals surface area (Å²) in [6.07, 6.45) is -0.324. The number of esters is 1. The quantitative estimate of drug-likeness (QED) is 0.332. The number of alkyl carbamates (subject to hydrolysis) is 1. The standard InChI is InChI=1S/C24H34N4O7/c1-7-15(2)19(27-23(33)35-24(3,4)5)22(32)28(12-11-25)20(16-9-8-10-17(29)13-16)21(31)26-14-18(30)34-6/h8-10,13,15,19-20,29H,7,12,14H2,1-6H3,(H,26,31)(H,27,33). The third-order valence-electron chi connectivity index (χ3n) is 5.06. The van der Waals surface area contributed by atoms with Crippen molar-refractivity contribution >= 4 is 23.9 Å². The molecule has 3 unspecified atom stereocenters. The molecule has 0 heterocycles. The van der Waals surface area contributed by atoms with Gasteiger partial charge < -0.3 is 30.1 Å². The summed E-state index contributed by atoms with van der Waals surface area (Å²) < 4.78 is 9.83. The Bertz CT molecular complexity index is 952. The molecule has 3 amide bonds. The summed E-state index contributed by atoms with van der Waals surface area (Å²) >= 11 is 0. The Balaban J connectivity index is 3.45. The average Bonchev–Trinajstić information content (AvgIpc) is 2.78. The van der Waals surface area contributed by atoms with Crippen molar-refractivity contribution in [3.63, 3.8) is 0 Å².